The summed E-state index contributed by atoms with van der Waals surface area (Å²) in [7, 11) is 0. The molecule has 0 aliphatic carbocycles. The van der Waals surface area contributed by atoms with E-state index in [2.05, 4.69) is 5.32 Å². The molecule has 0 bridgehead atoms. The van der Waals surface area contributed by atoms with Gasteiger partial charge in [0, 0.05) is 13.1 Å². The smallest absolute Gasteiger partial charge is 0.261 e. The fourth-order valence-corrected chi connectivity index (χ4v) is 1.40. The Morgan fingerprint density at radius 2 is 2.12 bits per heavy atom. The zero-order valence-corrected chi connectivity index (χ0v) is 9.68. The topological polar surface area (TPSA) is 21.3 Å². The van der Waals surface area contributed by atoms with E-state index in [0.717, 1.165) is 11.1 Å². The number of hydrogen-bond donors (Lipinski definition) is 1. The molecule has 0 aromatic heterocycles. The number of rotatable bonds is 7. The number of aryl methyl sites for hydroxylation is 1. The van der Waals surface area contributed by atoms with Crippen LogP contribution in [0.25, 0.3) is 0 Å². The third-order valence-corrected chi connectivity index (χ3v) is 2.29. The normalized spacial score (nSPS) is 11.1. The Bertz CT molecular complexity index is 345. The van der Waals surface area contributed by atoms with Crippen LogP contribution < -0.4 is 5.32 Å². The molecule has 1 aromatic rings. The van der Waals surface area contributed by atoms with Gasteiger partial charge in [0.25, 0.3) is 6.43 Å². The summed E-state index contributed by atoms with van der Waals surface area (Å²) in [5, 5.41) is 3.04. The largest absolute Gasteiger partial charge is 0.374 e. The molecule has 5 heteroatoms. The van der Waals surface area contributed by atoms with E-state index >= 15 is 0 Å². The monoisotopic (exact) mass is 247 g/mol. The molecule has 0 aliphatic heterocycles. The standard InChI is InChI=1S/C12H16F3NO/c1-9-6-11(13)3-2-10(9)7-16-4-5-17-8-12(14)15/h2-3,6,12,16H,4-5,7-8H2,1H3. The van der Waals surface area contributed by atoms with Gasteiger partial charge in [-0.1, -0.05) is 6.07 Å². The molecule has 1 aromatic carbocycles. The molecular formula is C12H16F3NO. The summed E-state index contributed by atoms with van der Waals surface area (Å²) in [5.74, 6) is -0.258. The van der Waals surface area contributed by atoms with Crippen LogP contribution in [0.5, 0.6) is 0 Å². The van der Waals surface area contributed by atoms with E-state index < -0.39 is 13.0 Å². The van der Waals surface area contributed by atoms with Gasteiger partial charge in [-0.3, -0.25) is 0 Å². The predicted molar refractivity (Wildman–Crippen MR) is 59.7 cm³/mol. The summed E-state index contributed by atoms with van der Waals surface area (Å²) in [6.07, 6.45) is -2.42. The van der Waals surface area contributed by atoms with Gasteiger partial charge in [-0.15, -0.1) is 0 Å². The number of nitrogens with one attached hydrogen (secondary N) is 1. The summed E-state index contributed by atoms with van der Waals surface area (Å²) in [4.78, 5) is 0. The van der Waals surface area contributed by atoms with Crippen molar-refractivity contribution in [2.75, 3.05) is 19.8 Å². The van der Waals surface area contributed by atoms with E-state index in [9.17, 15) is 13.2 Å². The van der Waals surface area contributed by atoms with Crippen LogP contribution in [0.15, 0.2) is 18.2 Å². The Morgan fingerprint density at radius 3 is 2.76 bits per heavy atom. The highest BCUT2D eigenvalue weighted by atomic mass is 19.3. The molecule has 0 unspecified atom stereocenters. The van der Waals surface area contributed by atoms with Gasteiger partial charge in [0.05, 0.1) is 6.61 Å². The Morgan fingerprint density at radius 1 is 1.35 bits per heavy atom. The Kier molecular flexibility index (Phi) is 6.00. The molecular weight excluding hydrogens is 231 g/mol. The lowest BCUT2D eigenvalue weighted by Gasteiger charge is -2.08. The van der Waals surface area contributed by atoms with Crippen LogP contribution in [0.3, 0.4) is 0 Å². The molecule has 96 valence electrons. The van der Waals surface area contributed by atoms with Gasteiger partial charge in [0.15, 0.2) is 0 Å². The molecule has 2 nitrogen and oxygen atoms in total. The summed E-state index contributed by atoms with van der Waals surface area (Å²) >= 11 is 0. The highest BCUT2D eigenvalue weighted by Crippen LogP contribution is 2.09. The maximum absolute atomic E-state index is 12.8. The molecule has 0 spiro atoms. The lowest BCUT2D eigenvalue weighted by atomic mass is 10.1. The van der Waals surface area contributed by atoms with Gasteiger partial charge in [0.1, 0.15) is 12.4 Å². The van der Waals surface area contributed by atoms with Crippen LogP contribution >= 0.6 is 0 Å². The van der Waals surface area contributed by atoms with Gasteiger partial charge in [-0.25, -0.2) is 13.2 Å². The minimum Gasteiger partial charge on any atom is -0.374 e. The van der Waals surface area contributed by atoms with Gasteiger partial charge in [-0.05, 0) is 30.2 Å². The van der Waals surface area contributed by atoms with Crippen LogP contribution in [0, 0.1) is 12.7 Å². The number of ether oxygens (including phenoxy) is 1. The van der Waals surface area contributed by atoms with Crippen molar-refractivity contribution in [3.8, 4) is 0 Å². The predicted octanol–water partition coefficient (Wildman–Crippen LogP) is 2.51. The van der Waals surface area contributed by atoms with Crippen molar-refractivity contribution < 1.29 is 17.9 Å². The average molecular weight is 247 g/mol. The van der Waals surface area contributed by atoms with Crippen LogP contribution in [-0.4, -0.2) is 26.2 Å². The molecule has 0 amide bonds. The third-order valence-electron chi connectivity index (χ3n) is 2.29. The van der Waals surface area contributed by atoms with Crippen molar-refractivity contribution in [2.45, 2.75) is 19.9 Å². The van der Waals surface area contributed by atoms with E-state index in [0.29, 0.717) is 13.1 Å². The molecule has 1 rings (SSSR count). The van der Waals surface area contributed by atoms with E-state index in [1.165, 1.54) is 12.1 Å². The molecule has 0 heterocycles. The summed E-state index contributed by atoms with van der Waals surface area (Å²) < 4.78 is 40.9. The second-order valence-corrected chi connectivity index (χ2v) is 3.71. The first-order chi connectivity index (χ1) is 8.09. The first kappa shape index (κ1) is 14.0. The zero-order chi connectivity index (χ0) is 12.7. The number of alkyl halides is 2. The molecule has 0 saturated carbocycles. The molecule has 0 saturated heterocycles. The lowest BCUT2D eigenvalue weighted by molar-refractivity contribution is 0.0187. The van der Waals surface area contributed by atoms with Crippen LogP contribution in [0.2, 0.25) is 0 Å². The number of benzene rings is 1. The molecule has 0 aliphatic rings. The fourth-order valence-electron chi connectivity index (χ4n) is 1.40. The van der Waals surface area contributed by atoms with Crippen molar-refractivity contribution in [3.05, 3.63) is 35.1 Å². The molecule has 0 atom stereocenters. The summed E-state index contributed by atoms with van der Waals surface area (Å²) in [5.41, 5.74) is 1.85. The molecule has 0 radical (unpaired) electrons. The molecule has 0 fully saturated rings. The van der Waals surface area contributed by atoms with Crippen molar-refractivity contribution in [2.24, 2.45) is 0 Å². The Hall–Kier alpha value is -1.07. The maximum Gasteiger partial charge on any atom is 0.261 e. The molecule has 17 heavy (non-hydrogen) atoms. The minimum atomic E-state index is -2.42. The van der Waals surface area contributed by atoms with Crippen molar-refractivity contribution in [1.29, 1.82) is 0 Å². The van der Waals surface area contributed by atoms with E-state index in [-0.39, 0.29) is 12.4 Å². The summed E-state index contributed by atoms with van der Waals surface area (Å²) in [6.45, 7) is 2.60. The van der Waals surface area contributed by atoms with Crippen LogP contribution in [0.1, 0.15) is 11.1 Å². The SMILES string of the molecule is Cc1cc(F)ccc1CNCCOCC(F)F. The number of hydrogen-bond acceptors (Lipinski definition) is 2. The Labute approximate surface area is 98.8 Å². The second kappa shape index (κ2) is 7.29. The van der Waals surface area contributed by atoms with Crippen LogP contribution in [-0.2, 0) is 11.3 Å². The highest BCUT2D eigenvalue weighted by molar-refractivity contribution is 5.26. The van der Waals surface area contributed by atoms with Gasteiger partial charge in [0.2, 0.25) is 0 Å². The van der Waals surface area contributed by atoms with Gasteiger partial charge >= 0.3 is 0 Å². The quantitative estimate of drug-likeness (QED) is 0.747. The molecule has 1 N–H and O–H groups in total. The van der Waals surface area contributed by atoms with Crippen molar-refractivity contribution in [1.82, 2.24) is 5.32 Å². The highest BCUT2D eigenvalue weighted by Gasteiger charge is 2.02. The average Bonchev–Trinajstić information content (AvgIpc) is 2.25. The minimum absolute atomic E-state index is 0.241. The third kappa shape index (κ3) is 5.70. The summed E-state index contributed by atoms with van der Waals surface area (Å²) in [6, 6.07) is 4.57. The second-order valence-electron chi connectivity index (χ2n) is 3.71. The van der Waals surface area contributed by atoms with Crippen molar-refractivity contribution >= 4 is 0 Å². The van der Waals surface area contributed by atoms with E-state index in [1.807, 2.05) is 6.92 Å². The first-order valence-corrected chi connectivity index (χ1v) is 5.41. The zero-order valence-electron chi connectivity index (χ0n) is 9.68. The van der Waals surface area contributed by atoms with Crippen LogP contribution in [0.4, 0.5) is 13.2 Å². The number of halogens is 3. The van der Waals surface area contributed by atoms with Crippen molar-refractivity contribution in [3.63, 3.8) is 0 Å². The fraction of sp³-hybridized carbons (Fsp3) is 0.500. The Balaban J connectivity index is 2.18. The van der Waals surface area contributed by atoms with E-state index in [4.69, 9.17) is 4.74 Å². The van der Waals surface area contributed by atoms with E-state index in [1.54, 1.807) is 6.07 Å². The van der Waals surface area contributed by atoms with Gasteiger partial charge in [-0.2, -0.15) is 0 Å². The lowest BCUT2D eigenvalue weighted by Crippen LogP contribution is -2.21. The maximum atomic E-state index is 12.8. The van der Waals surface area contributed by atoms with Gasteiger partial charge < -0.3 is 10.1 Å². The first-order valence-electron chi connectivity index (χ1n) is 5.41.